The highest BCUT2D eigenvalue weighted by Crippen LogP contribution is 2.35. The van der Waals surface area contributed by atoms with Crippen molar-refractivity contribution in [1.29, 1.82) is 0 Å². The molecule has 0 aromatic heterocycles. The topological polar surface area (TPSA) is 39.9 Å². The van der Waals surface area contributed by atoms with Gasteiger partial charge in [-0.1, -0.05) is 17.7 Å². The minimum absolute atomic E-state index is 0.190. The normalized spacial score (nSPS) is 10.1. The third-order valence-electron chi connectivity index (χ3n) is 3.02. The Hall–Kier alpha value is -1.05. The number of ether oxygens (including phenoxy) is 2. The van der Waals surface area contributed by atoms with Crippen LogP contribution in [0.2, 0.25) is 5.02 Å². The molecule has 0 saturated heterocycles. The first kappa shape index (κ1) is 18.3. The number of nitrogens with zero attached hydrogens (tertiary/aromatic N) is 1. The number of halogens is 3. The van der Waals surface area contributed by atoms with Crippen molar-refractivity contribution in [3.8, 4) is 11.5 Å². The summed E-state index contributed by atoms with van der Waals surface area (Å²) < 4.78 is 12.2. The lowest BCUT2D eigenvalue weighted by Gasteiger charge is -2.14. The van der Waals surface area contributed by atoms with Gasteiger partial charge in [0, 0.05) is 7.14 Å². The second-order valence-corrected chi connectivity index (χ2v) is 7.24. The lowest BCUT2D eigenvalue weighted by Crippen LogP contribution is -2.13. The van der Waals surface area contributed by atoms with Crippen LogP contribution in [0, 0.1) is 20.6 Å². The smallest absolute Gasteiger partial charge is 0.348 e. The lowest BCUT2D eigenvalue weighted by atomic mass is 10.1. The van der Waals surface area contributed by atoms with Gasteiger partial charge in [-0.05, 0) is 75.9 Å². The second-order valence-electron chi connectivity index (χ2n) is 4.51. The Morgan fingerprint density at radius 2 is 1.83 bits per heavy atom. The summed E-state index contributed by atoms with van der Waals surface area (Å²) in [7, 11) is 1.48. The molecular weight excluding hydrogens is 543 g/mol. The zero-order valence-electron chi connectivity index (χ0n) is 12.1. The maximum atomic E-state index is 12.6. The zero-order valence-corrected chi connectivity index (χ0v) is 17.2. The third-order valence-corrected chi connectivity index (χ3v) is 4.94. The molecule has 23 heavy (non-hydrogen) atoms. The van der Waals surface area contributed by atoms with Crippen LogP contribution in [0.25, 0.3) is 4.85 Å². The molecule has 0 N–H and O–H groups in total. The van der Waals surface area contributed by atoms with E-state index in [-0.39, 0.29) is 10.6 Å². The molecule has 0 radical (unpaired) electrons. The van der Waals surface area contributed by atoms with Gasteiger partial charge in [0.1, 0.15) is 11.3 Å². The number of aryl methyl sites for hydroxylation is 1. The molecule has 0 amide bonds. The van der Waals surface area contributed by atoms with Crippen molar-refractivity contribution in [1.82, 2.24) is 0 Å². The summed E-state index contributed by atoms with van der Waals surface area (Å²) in [5.74, 6) is 0.204. The van der Waals surface area contributed by atoms with E-state index in [4.69, 9.17) is 27.6 Å². The van der Waals surface area contributed by atoms with Crippen LogP contribution in [0.3, 0.4) is 0 Å². The van der Waals surface area contributed by atoms with Gasteiger partial charge in [-0.15, -0.1) is 0 Å². The predicted octanol–water partition coefficient (Wildman–Crippen LogP) is 5.64. The van der Waals surface area contributed by atoms with Gasteiger partial charge in [0.25, 0.3) is 0 Å². The van der Waals surface area contributed by atoms with E-state index in [9.17, 15) is 4.79 Å². The molecule has 0 aliphatic heterocycles. The molecule has 2 aromatic rings. The summed E-state index contributed by atoms with van der Waals surface area (Å²) in [6.07, 6.45) is 0. The quantitative estimate of drug-likeness (QED) is 0.214. The third kappa shape index (κ3) is 3.89. The molecule has 0 bridgehead atoms. The summed E-state index contributed by atoms with van der Waals surface area (Å²) in [6.45, 7) is 8.89. The summed E-state index contributed by atoms with van der Waals surface area (Å²) in [5.41, 5.74) is 1.47. The Bertz CT molecular complexity index is 808. The molecule has 0 heterocycles. The fourth-order valence-electron chi connectivity index (χ4n) is 1.97. The van der Waals surface area contributed by atoms with E-state index in [1.807, 2.05) is 52.1 Å². The van der Waals surface area contributed by atoms with Crippen molar-refractivity contribution < 1.29 is 14.3 Å². The van der Waals surface area contributed by atoms with E-state index in [0.717, 1.165) is 5.56 Å². The van der Waals surface area contributed by atoms with Crippen LogP contribution in [0.15, 0.2) is 24.3 Å². The molecule has 0 atom stereocenters. The van der Waals surface area contributed by atoms with Gasteiger partial charge in [-0.2, -0.15) is 0 Å². The Labute approximate surface area is 166 Å². The maximum Gasteiger partial charge on any atom is 0.348 e. The van der Waals surface area contributed by atoms with Crippen LogP contribution in [0.4, 0.5) is 5.69 Å². The number of carbonyl (C=O) groups is 1. The van der Waals surface area contributed by atoms with Crippen molar-refractivity contribution in [2.45, 2.75) is 6.92 Å². The van der Waals surface area contributed by atoms with Crippen LogP contribution < -0.4 is 9.47 Å². The first-order valence-electron chi connectivity index (χ1n) is 6.30. The fourth-order valence-corrected chi connectivity index (χ4v) is 4.15. The van der Waals surface area contributed by atoms with Crippen molar-refractivity contribution in [2.75, 3.05) is 7.11 Å². The Kier molecular flexibility index (Phi) is 6.11. The molecule has 0 aliphatic carbocycles. The molecular formula is C16H10ClI2NO3. The van der Waals surface area contributed by atoms with Crippen LogP contribution >= 0.6 is 56.8 Å². The van der Waals surface area contributed by atoms with E-state index in [0.29, 0.717) is 24.3 Å². The van der Waals surface area contributed by atoms with Gasteiger partial charge in [0.2, 0.25) is 0 Å². The maximum absolute atomic E-state index is 12.6. The van der Waals surface area contributed by atoms with Gasteiger partial charge in [-0.3, -0.25) is 0 Å². The first-order chi connectivity index (χ1) is 10.9. The standard InChI is InChI=1S/C16H10ClI2NO3/c1-8-4-5-10(17)13(14(8)22-3)16(21)23-15-11(18)6-9(20-2)7-12(15)19/h4-7H,1,3H3. The summed E-state index contributed by atoms with van der Waals surface area (Å²) >= 11 is 10.2. The second kappa shape index (κ2) is 7.68. The fraction of sp³-hybridized carbons (Fsp3) is 0.125. The molecule has 0 aliphatic rings. The van der Waals surface area contributed by atoms with Gasteiger partial charge < -0.3 is 9.47 Å². The molecule has 0 unspecified atom stereocenters. The summed E-state index contributed by atoms with van der Waals surface area (Å²) in [6, 6.07) is 6.73. The molecule has 118 valence electrons. The van der Waals surface area contributed by atoms with Crippen LogP contribution in [-0.4, -0.2) is 13.1 Å². The average Bonchev–Trinajstić information content (AvgIpc) is 2.52. The molecule has 0 saturated carbocycles. The zero-order chi connectivity index (χ0) is 17.1. The van der Waals surface area contributed by atoms with Crippen molar-refractivity contribution in [2.24, 2.45) is 0 Å². The van der Waals surface area contributed by atoms with Crippen molar-refractivity contribution >= 4 is 68.4 Å². The number of rotatable bonds is 3. The predicted molar refractivity (Wildman–Crippen MR) is 106 cm³/mol. The van der Waals surface area contributed by atoms with E-state index < -0.39 is 5.97 Å². The molecule has 0 spiro atoms. The van der Waals surface area contributed by atoms with Crippen molar-refractivity contribution in [3.05, 3.63) is 59.0 Å². The lowest BCUT2D eigenvalue weighted by molar-refractivity contribution is 0.0728. The highest BCUT2D eigenvalue weighted by atomic mass is 127. The highest BCUT2D eigenvalue weighted by molar-refractivity contribution is 14.1. The Morgan fingerprint density at radius 3 is 2.35 bits per heavy atom. The van der Waals surface area contributed by atoms with E-state index in [1.165, 1.54) is 7.11 Å². The number of hydrogen-bond donors (Lipinski definition) is 0. The molecule has 0 fully saturated rings. The van der Waals surface area contributed by atoms with Crippen LogP contribution in [-0.2, 0) is 0 Å². The van der Waals surface area contributed by atoms with Crippen LogP contribution in [0.1, 0.15) is 15.9 Å². The van der Waals surface area contributed by atoms with Crippen molar-refractivity contribution in [3.63, 3.8) is 0 Å². The molecule has 2 aromatic carbocycles. The summed E-state index contributed by atoms with van der Waals surface area (Å²) in [5, 5.41) is 0.264. The molecule has 7 heteroatoms. The molecule has 2 rings (SSSR count). The average molecular weight is 554 g/mol. The molecule has 4 nitrogen and oxygen atoms in total. The monoisotopic (exact) mass is 553 g/mol. The number of methoxy groups -OCH3 is 1. The van der Waals surface area contributed by atoms with Gasteiger partial charge in [0.05, 0.1) is 18.7 Å². The van der Waals surface area contributed by atoms with Gasteiger partial charge >= 0.3 is 5.97 Å². The Morgan fingerprint density at radius 1 is 1.22 bits per heavy atom. The SMILES string of the molecule is [C-]#[N+]c1cc(I)c(OC(=O)c2c(Cl)ccc(C)c2OC)c(I)c1. The van der Waals surface area contributed by atoms with Gasteiger partial charge in [0.15, 0.2) is 11.4 Å². The summed E-state index contributed by atoms with van der Waals surface area (Å²) in [4.78, 5) is 16.0. The number of esters is 1. The first-order valence-corrected chi connectivity index (χ1v) is 8.84. The minimum atomic E-state index is -0.595. The largest absolute Gasteiger partial charge is 0.496 e. The highest BCUT2D eigenvalue weighted by Gasteiger charge is 2.22. The number of benzene rings is 2. The Balaban J connectivity index is 2.46. The van der Waals surface area contributed by atoms with E-state index in [2.05, 4.69) is 4.85 Å². The van der Waals surface area contributed by atoms with E-state index >= 15 is 0 Å². The van der Waals surface area contributed by atoms with Crippen LogP contribution in [0.5, 0.6) is 11.5 Å². The number of carbonyl (C=O) groups excluding carboxylic acids is 1. The van der Waals surface area contributed by atoms with E-state index in [1.54, 1.807) is 24.3 Å². The number of hydrogen-bond acceptors (Lipinski definition) is 3. The minimum Gasteiger partial charge on any atom is -0.496 e. The van der Waals surface area contributed by atoms with Gasteiger partial charge in [-0.25, -0.2) is 9.64 Å².